The summed E-state index contributed by atoms with van der Waals surface area (Å²) in [5, 5.41) is 17.4. The molecule has 0 fully saturated rings. The number of para-hydroxylation sites is 1. The summed E-state index contributed by atoms with van der Waals surface area (Å²) in [4.78, 5) is 30.4. The molecule has 0 saturated heterocycles. The Balaban J connectivity index is 1.72. The molecule has 0 radical (unpaired) electrons. The fourth-order valence-corrected chi connectivity index (χ4v) is 2.84. The molecule has 4 N–H and O–H groups in total. The van der Waals surface area contributed by atoms with Gasteiger partial charge in [-0.25, -0.2) is 4.98 Å². The van der Waals surface area contributed by atoms with E-state index in [9.17, 15) is 9.59 Å². The summed E-state index contributed by atoms with van der Waals surface area (Å²) in [5.41, 5.74) is 7.19. The van der Waals surface area contributed by atoms with Gasteiger partial charge in [-0.05, 0) is 24.3 Å². The molecule has 1 atom stereocenters. The number of aliphatic hydroxyl groups is 1. The molecule has 1 aromatic heterocycles. The number of likely N-dealkylation sites (N-methyl/N-ethyl adjacent to an activating group) is 1. The number of pyridine rings is 1. The van der Waals surface area contributed by atoms with Crippen molar-refractivity contribution in [1.82, 2.24) is 4.98 Å². The van der Waals surface area contributed by atoms with Crippen LogP contribution in [0.5, 0.6) is 0 Å². The zero-order valence-corrected chi connectivity index (χ0v) is 15.4. The number of rotatable bonds is 7. The lowest BCUT2D eigenvalue weighted by atomic mass is 10.1. The number of carbonyl (C=O) groups is 2. The van der Waals surface area contributed by atoms with E-state index in [1.54, 1.807) is 30.5 Å². The van der Waals surface area contributed by atoms with Crippen LogP contribution in [0, 0.1) is 0 Å². The molecule has 1 aliphatic heterocycles. The van der Waals surface area contributed by atoms with Crippen LogP contribution in [0.3, 0.4) is 0 Å². The van der Waals surface area contributed by atoms with Gasteiger partial charge in [0.1, 0.15) is 17.6 Å². The van der Waals surface area contributed by atoms with E-state index in [0.717, 1.165) is 5.69 Å². The lowest BCUT2D eigenvalue weighted by Crippen LogP contribution is -2.39. The summed E-state index contributed by atoms with van der Waals surface area (Å²) in [6.07, 6.45) is 1.72. The van der Waals surface area contributed by atoms with Crippen LogP contribution in [0.25, 0.3) is 0 Å². The van der Waals surface area contributed by atoms with E-state index >= 15 is 0 Å². The van der Waals surface area contributed by atoms with Gasteiger partial charge in [-0.1, -0.05) is 18.2 Å². The van der Waals surface area contributed by atoms with Gasteiger partial charge in [-0.2, -0.15) is 5.10 Å². The number of aromatic nitrogens is 1. The molecule has 3 rings (SSSR count). The fourth-order valence-electron chi connectivity index (χ4n) is 2.84. The number of hydrogen-bond acceptors (Lipinski definition) is 7. The van der Waals surface area contributed by atoms with Gasteiger partial charge in [0, 0.05) is 20.0 Å². The van der Waals surface area contributed by atoms with Crippen molar-refractivity contribution in [3.8, 4) is 0 Å². The van der Waals surface area contributed by atoms with Crippen LogP contribution in [-0.4, -0.2) is 53.9 Å². The number of benzene rings is 1. The van der Waals surface area contributed by atoms with E-state index in [0.29, 0.717) is 18.1 Å². The average molecular weight is 382 g/mol. The molecule has 2 aromatic rings. The predicted molar refractivity (Wildman–Crippen MR) is 107 cm³/mol. The third-order valence-corrected chi connectivity index (χ3v) is 4.39. The number of hydrazone groups is 1. The molecule has 0 aliphatic carbocycles. The van der Waals surface area contributed by atoms with Gasteiger partial charge in [0.05, 0.1) is 24.2 Å². The molecule has 0 spiro atoms. The predicted octanol–water partition coefficient (Wildman–Crippen LogP) is 0.569. The van der Waals surface area contributed by atoms with E-state index in [2.05, 4.69) is 15.4 Å². The van der Waals surface area contributed by atoms with Crippen molar-refractivity contribution in [2.45, 2.75) is 12.5 Å². The van der Waals surface area contributed by atoms with Crippen molar-refractivity contribution in [2.75, 3.05) is 35.4 Å². The number of aliphatic hydroxyl groups excluding tert-OH is 1. The lowest BCUT2D eigenvalue weighted by Gasteiger charge is -2.20. The minimum Gasteiger partial charge on any atom is -0.395 e. The van der Waals surface area contributed by atoms with E-state index in [-0.39, 0.29) is 18.7 Å². The maximum absolute atomic E-state index is 12.6. The molecule has 28 heavy (non-hydrogen) atoms. The first kappa shape index (κ1) is 19.3. The number of carbonyl (C=O) groups excluding carboxylic acids is 2. The summed E-state index contributed by atoms with van der Waals surface area (Å²) in [6.45, 7) is 0.516. The Morgan fingerprint density at radius 2 is 2.04 bits per heavy atom. The Morgan fingerprint density at radius 1 is 1.29 bits per heavy atom. The van der Waals surface area contributed by atoms with Gasteiger partial charge in [0.25, 0.3) is 5.91 Å². The molecule has 146 valence electrons. The van der Waals surface area contributed by atoms with E-state index in [4.69, 9.17) is 10.8 Å². The fraction of sp³-hybridized carbons (Fsp3) is 0.263. The number of nitrogens with two attached hydrogens (primary N) is 1. The molecular weight excluding hydrogens is 360 g/mol. The number of amides is 2. The second-order valence-electron chi connectivity index (χ2n) is 6.35. The SMILES string of the molecule is CN(CCO)c1ccc(NC(=O)C2=NN(c3ccccc3)C(C(N)=O)C2)nc1. The number of anilines is 3. The number of primary amides is 1. The smallest absolute Gasteiger partial charge is 0.273 e. The molecular formula is C19H22N6O3. The van der Waals surface area contributed by atoms with Gasteiger partial charge in [-0.15, -0.1) is 0 Å². The third-order valence-electron chi connectivity index (χ3n) is 4.39. The molecule has 1 aliphatic rings. The molecule has 9 nitrogen and oxygen atoms in total. The third kappa shape index (κ3) is 4.26. The molecule has 0 bridgehead atoms. The highest BCUT2D eigenvalue weighted by Gasteiger charge is 2.35. The summed E-state index contributed by atoms with van der Waals surface area (Å²) < 4.78 is 0. The Bertz CT molecular complexity index is 869. The Kier molecular flexibility index (Phi) is 5.85. The van der Waals surface area contributed by atoms with Crippen LogP contribution in [0.1, 0.15) is 6.42 Å². The Hall–Kier alpha value is -3.46. The first-order valence-corrected chi connectivity index (χ1v) is 8.80. The zero-order chi connectivity index (χ0) is 20.1. The quantitative estimate of drug-likeness (QED) is 0.643. The zero-order valence-electron chi connectivity index (χ0n) is 15.4. The largest absolute Gasteiger partial charge is 0.395 e. The van der Waals surface area contributed by atoms with Gasteiger partial charge in [-0.3, -0.25) is 14.6 Å². The molecule has 1 unspecified atom stereocenters. The van der Waals surface area contributed by atoms with Crippen LogP contribution in [0.15, 0.2) is 53.8 Å². The van der Waals surface area contributed by atoms with E-state index in [1.165, 1.54) is 5.01 Å². The highest BCUT2D eigenvalue weighted by molar-refractivity contribution is 6.44. The van der Waals surface area contributed by atoms with Gasteiger partial charge >= 0.3 is 0 Å². The van der Waals surface area contributed by atoms with Crippen LogP contribution in [0.2, 0.25) is 0 Å². The minimum absolute atomic E-state index is 0.0355. The number of nitrogens with one attached hydrogen (secondary N) is 1. The monoisotopic (exact) mass is 382 g/mol. The summed E-state index contributed by atoms with van der Waals surface area (Å²) in [6, 6.07) is 11.8. The van der Waals surface area contributed by atoms with Crippen LogP contribution in [-0.2, 0) is 9.59 Å². The second kappa shape index (κ2) is 8.49. The Labute approximate surface area is 162 Å². The highest BCUT2D eigenvalue weighted by Crippen LogP contribution is 2.24. The van der Waals surface area contributed by atoms with Crippen molar-refractivity contribution in [2.24, 2.45) is 10.8 Å². The standard InChI is InChI=1S/C19H22N6O3/c1-24(9-10-26)14-7-8-17(21-12-14)22-19(28)15-11-16(18(20)27)25(23-15)13-5-3-2-4-6-13/h2-8,12,16,26H,9-11H2,1H3,(H2,20,27)(H,21,22,28). The summed E-state index contributed by atoms with van der Waals surface area (Å²) in [5.74, 6) is -0.624. The number of hydrogen-bond donors (Lipinski definition) is 3. The topological polar surface area (TPSA) is 124 Å². The van der Waals surface area contributed by atoms with Crippen molar-refractivity contribution < 1.29 is 14.7 Å². The van der Waals surface area contributed by atoms with Gasteiger partial charge in [0.2, 0.25) is 5.91 Å². The molecule has 1 aromatic carbocycles. The van der Waals surface area contributed by atoms with E-state index in [1.807, 2.05) is 30.1 Å². The van der Waals surface area contributed by atoms with Crippen molar-refractivity contribution in [3.63, 3.8) is 0 Å². The first-order chi connectivity index (χ1) is 13.5. The average Bonchev–Trinajstić information content (AvgIpc) is 3.15. The maximum Gasteiger partial charge on any atom is 0.273 e. The number of nitrogens with zero attached hydrogens (tertiary/aromatic N) is 4. The van der Waals surface area contributed by atoms with E-state index < -0.39 is 17.9 Å². The second-order valence-corrected chi connectivity index (χ2v) is 6.35. The maximum atomic E-state index is 12.6. The molecule has 9 heteroatoms. The molecule has 2 heterocycles. The summed E-state index contributed by atoms with van der Waals surface area (Å²) in [7, 11) is 1.83. The Morgan fingerprint density at radius 3 is 2.64 bits per heavy atom. The summed E-state index contributed by atoms with van der Waals surface area (Å²) >= 11 is 0. The van der Waals surface area contributed by atoms with Gasteiger partial charge < -0.3 is 21.1 Å². The minimum atomic E-state index is -0.717. The molecule has 2 amide bonds. The normalized spacial score (nSPS) is 15.9. The van der Waals surface area contributed by atoms with Crippen LogP contribution >= 0.6 is 0 Å². The van der Waals surface area contributed by atoms with Crippen molar-refractivity contribution in [1.29, 1.82) is 0 Å². The first-order valence-electron chi connectivity index (χ1n) is 8.80. The van der Waals surface area contributed by atoms with Gasteiger partial charge in [0.15, 0.2) is 0 Å². The molecule has 0 saturated carbocycles. The lowest BCUT2D eigenvalue weighted by molar-refractivity contribution is -0.119. The van der Waals surface area contributed by atoms with Crippen molar-refractivity contribution in [3.05, 3.63) is 48.7 Å². The van der Waals surface area contributed by atoms with Crippen LogP contribution < -0.4 is 21.0 Å². The van der Waals surface area contributed by atoms with Crippen molar-refractivity contribution >= 4 is 34.7 Å². The van der Waals surface area contributed by atoms with Crippen LogP contribution in [0.4, 0.5) is 17.2 Å². The highest BCUT2D eigenvalue weighted by atomic mass is 16.3.